The van der Waals surface area contributed by atoms with Crippen LogP contribution in [0.2, 0.25) is 0 Å². The van der Waals surface area contributed by atoms with Crippen molar-refractivity contribution in [2.45, 2.75) is 38.6 Å². The molecule has 4 nitrogen and oxygen atoms in total. The van der Waals surface area contributed by atoms with Crippen molar-refractivity contribution in [3.05, 3.63) is 11.9 Å². The highest BCUT2D eigenvalue weighted by molar-refractivity contribution is 5.49. The van der Waals surface area contributed by atoms with E-state index in [2.05, 4.69) is 34.2 Å². The Balaban J connectivity index is 2.24. The SMILES string of the molecule is CCc1nc(NC)cc(N(C)C2CCC2)n1. The van der Waals surface area contributed by atoms with Crippen LogP contribution in [0, 0.1) is 0 Å². The van der Waals surface area contributed by atoms with Gasteiger partial charge in [-0.1, -0.05) is 6.92 Å². The van der Waals surface area contributed by atoms with Crippen LogP contribution in [0.25, 0.3) is 0 Å². The molecular weight excluding hydrogens is 200 g/mol. The minimum Gasteiger partial charge on any atom is -0.373 e. The van der Waals surface area contributed by atoms with E-state index in [9.17, 15) is 0 Å². The number of aromatic nitrogens is 2. The summed E-state index contributed by atoms with van der Waals surface area (Å²) in [7, 11) is 4.03. The second kappa shape index (κ2) is 4.68. The average Bonchev–Trinajstić information content (AvgIpc) is 2.26. The van der Waals surface area contributed by atoms with E-state index in [4.69, 9.17) is 0 Å². The highest BCUT2D eigenvalue weighted by Crippen LogP contribution is 2.27. The lowest BCUT2D eigenvalue weighted by Gasteiger charge is -2.35. The van der Waals surface area contributed by atoms with Gasteiger partial charge in [0.1, 0.15) is 17.5 Å². The Morgan fingerprint density at radius 2 is 2.19 bits per heavy atom. The molecule has 1 fully saturated rings. The molecule has 0 aromatic carbocycles. The average molecular weight is 220 g/mol. The maximum atomic E-state index is 4.58. The molecule has 1 aromatic heterocycles. The first-order valence-electron chi connectivity index (χ1n) is 6.03. The van der Waals surface area contributed by atoms with Gasteiger partial charge in [0.15, 0.2) is 0 Å². The zero-order valence-electron chi connectivity index (χ0n) is 10.3. The minimum absolute atomic E-state index is 0.671. The molecule has 0 saturated heterocycles. The highest BCUT2D eigenvalue weighted by Gasteiger charge is 2.23. The molecule has 0 unspecified atom stereocenters. The summed E-state index contributed by atoms with van der Waals surface area (Å²) in [5.41, 5.74) is 0. The molecule has 1 aliphatic rings. The van der Waals surface area contributed by atoms with Gasteiger partial charge >= 0.3 is 0 Å². The van der Waals surface area contributed by atoms with Gasteiger partial charge in [0.2, 0.25) is 0 Å². The Morgan fingerprint density at radius 1 is 1.44 bits per heavy atom. The van der Waals surface area contributed by atoms with Crippen LogP contribution < -0.4 is 10.2 Å². The highest BCUT2D eigenvalue weighted by atomic mass is 15.2. The van der Waals surface area contributed by atoms with Crippen molar-refractivity contribution in [3.8, 4) is 0 Å². The lowest BCUT2D eigenvalue weighted by atomic mass is 9.92. The summed E-state index contributed by atoms with van der Waals surface area (Å²) in [5, 5.41) is 3.09. The van der Waals surface area contributed by atoms with Crippen molar-refractivity contribution < 1.29 is 0 Å². The van der Waals surface area contributed by atoms with Crippen molar-refractivity contribution in [3.63, 3.8) is 0 Å². The quantitative estimate of drug-likeness (QED) is 0.843. The van der Waals surface area contributed by atoms with Gasteiger partial charge in [-0.05, 0) is 19.3 Å². The van der Waals surface area contributed by atoms with E-state index in [1.165, 1.54) is 19.3 Å². The summed E-state index contributed by atoms with van der Waals surface area (Å²) in [6, 6.07) is 2.70. The Kier molecular flexibility index (Phi) is 3.27. The Hall–Kier alpha value is -1.32. The third-order valence-electron chi connectivity index (χ3n) is 3.32. The summed E-state index contributed by atoms with van der Waals surface area (Å²) in [6.07, 6.45) is 4.80. The number of anilines is 2. The molecule has 1 aromatic rings. The molecule has 1 N–H and O–H groups in total. The van der Waals surface area contributed by atoms with E-state index in [-0.39, 0.29) is 0 Å². The predicted molar refractivity (Wildman–Crippen MR) is 67.0 cm³/mol. The summed E-state index contributed by atoms with van der Waals surface area (Å²) < 4.78 is 0. The molecule has 1 aliphatic carbocycles. The molecule has 0 radical (unpaired) electrons. The molecule has 0 spiro atoms. The lowest BCUT2D eigenvalue weighted by Crippen LogP contribution is -2.37. The van der Waals surface area contributed by atoms with Crippen molar-refractivity contribution >= 4 is 11.6 Å². The lowest BCUT2D eigenvalue weighted by molar-refractivity contribution is 0.399. The standard InChI is InChI=1S/C12H20N4/c1-4-10-14-11(13-2)8-12(15-10)16(3)9-6-5-7-9/h8-9H,4-7H2,1-3H3,(H,13,14,15). The van der Waals surface area contributed by atoms with Crippen LogP contribution in [0.15, 0.2) is 6.07 Å². The molecule has 0 amide bonds. The topological polar surface area (TPSA) is 41.1 Å². The number of aryl methyl sites for hydroxylation is 1. The van der Waals surface area contributed by atoms with Crippen LogP contribution in [-0.2, 0) is 6.42 Å². The third kappa shape index (κ3) is 2.10. The number of hydrogen-bond acceptors (Lipinski definition) is 4. The maximum absolute atomic E-state index is 4.58. The molecular formula is C12H20N4. The van der Waals surface area contributed by atoms with Gasteiger partial charge in [-0.2, -0.15) is 0 Å². The van der Waals surface area contributed by atoms with Crippen molar-refractivity contribution in [2.75, 3.05) is 24.3 Å². The van der Waals surface area contributed by atoms with Crippen LogP contribution in [-0.4, -0.2) is 30.1 Å². The first kappa shape index (κ1) is 11.2. The molecule has 0 bridgehead atoms. The summed E-state index contributed by atoms with van der Waals surface area (Å²) in [5.74, 6) is 2.86. The van der Waals surface area contributed by atoms with Crippen LogP contribution in [0.3, 0.4) is 0 Å². The van der Waals surface area contributed by atoms with Gasteiger partial charge in [0, 0.05) is 32.6 Å². The molecule has 88 valence electrons. The summed E-state index contributed by atoms with van der Waals surface area (Å²) >= 11 is 0. The number of hydrogen-bond donors (Lipinski definition) is 1. The second-order valence-corrected chi connectivity index (χ2v) is 4.33. The van der Waals surface area contributed by atoms with Crippen molar-refractivity contribution in [2.24, 2.45) is 0 Å². The van der Waals surface area contributed by atoms with E-state index in [0.29, 0.717) is 6.04 Å². The smallest absolute Gasteiger partial charge is 0.134 e. The monoisotopic (exact) mass is 220 g/mol. The second-order valence-electron chi connectivity index (χ2n) is 4.33. The predicted octanol–water partition coefficient (Wildman–Crippen LogP) is 2.07. The Bertz CT molecular complexity index is 338. The number of rotatable bonds is 4. The van der Waals surface area contributed by atoms with E-state index in [1.54, 1.807) is 0 Å². The van der Waals surface area contributed by atoms with Gasteiger partial charge in [-0.25, -0.2) is 9.97 Å². The Morgan fingerprint density at radius 3 is 2.69 bits per heavy atom. The normalized spacial score (nSPS) is 15.7. The molecule has 2 rings (SSSR count). The molecule has 0 aliphatic heterocycles. The zero-order chi connectivity index (χ0) is 11.5. The van der Waals surface area contributed by atoms with E-state index in [0.717, 1.165) is 23.9 Å². The van der Waals surface area contributed by atoms with Gasteiger partial charge in [-0.15, -0.1) is 0 Å². The number of nitrogens with one attached hydrogen (secondary N) is 1. The molecule has 16 heavy (non-hydrogen) atoms. The van der Waals surface area contributed by atoms with Gasteiger partial charge in [0.05, 0.1) is 0 Å². The molecule has 0 atom stereocenters. The van der Waals surface area contributed by atoms with Crippen LogP contribution >= 0.6 is 0 Å². The fourth-order valence-electron chi connectivity index (χ4n) is 1.91. The fourth-order valence-corrected chi connectivity index (χ4v) is 1.91. The fraction of sp³-hybridized carbons (Fsp3) is 0.667. The van der Waals surface area contributed by atoms with E-state index >= 15 is 0 Å². The van der Waals surface area contributed by atoms with Crippen LogP contribution in [0.1, 0.15) is 32.0 Å². The van der Waals surface area contributed by atoms with E-state index < -0.39 is 0 Å². The minimum atomic E-state index is 0.671. The zero-order valence-corrected chi connectivity index (χ0v) is 10.3. The largest absolute Gasteiger partial charge is 0.373 e. The van der Waals surface area contributed by atoms with Gasteiger partial charge < -0.3 is 10.2 Å². The summed E-state index contributed by atoms with van der Waals surface area (Å²) in [6.45, 7) is 2.09. The molecule has 4 heteroatoms. The molecule has 1 heterocycles. The van der Waals surface area contributed by atoms with Crippen LogP contribution in [0.4, 0.5) is 11.6 Å². The molecule has 1 saturated carbocycles. The Labute approximate surface area is 97.1 Å². The first-order chi connectivity index (χ1) is 7.74. The van der Waals surface area contributed by atoms with Crippen molar-refractivity contribution in [1.29, 1.82) is 0 Å². The van der Waals surface area contributed by atoms with Gasteiger partial charge in [0.25, 0.3) is 0 Å². The summed E-state index contributed by atoms with van der Waals surface area (Å²) in [4.78, 5) is 11.3. The third-order valence-corrected chi connectivity index (χ3v) is 3.32. The number of nitrogens with zero attached hydrogens (tertiary/aromatic N) is 3. The maximum Gasteiger partial charge on any atom is 0.134 e. The van der Waals surface area contributed by atoms with Crippen LogP contribution in [0.5, 0.6) is 0 Å². The van der Waals surface area contributed by atoms with E-state index in [1.807, 2.05) is 13.1 Å². The van der Waals surface area contributed by atoms with Crippen molar-refractivity contribution in [1.82, 2.24) is 9.97 Å². The first-order valence-corrected chi connectivity index (χ1v) is 6.03. The van der Waals surface area contributed by atoms with Gasteiger partial charge in [-0.3, -0.25) is 0 Å².